The lowest BCUT2D eigenvalue weighted by molar-refractivity contribution is 0.0897. The van der Waals surface area contributed by atoms with Crippen molar-refractivity contribution in [2.45, 2.75) is 19.9 Å². The first-order chi connectivity index (χ1) is 8.10. The van der Waals surface area contributed by atoms with Crippen molar-refractivity contribution in [1.82, 2.24) is 5.32 Å². The number of benzene rings is 1. The Kier molecular flexibility index (Phi) is 4.97. The lowest BCUT2D eigenvalue weighted by Crippen LogP contribution is -2.41. The maximum atomic E-state index is 12.0. The molecule has 1 aromatic carbocycles. The average Bonchev–Trinajstić information content (AvgIpc) is 2.35. The molecule has 0 aliphatic heterocycles. The van der Waals surface area contributed by atoms with Crippen molar-refractivity contribution >= 4 is 11.6 Å². The van der Waals surface area contributed by atoms with E-state index in [4.69, 9.17) is 0 Å². The zero-order chi connectivity index (χ0) is 12.8. The summed E-state index contributed by atoms with van der Waals surface area (Å²) in [5.74, 6) is 0.0356. The van der Waals surface area contributed by atoms with Gasteiger partial charge in [0, 0.05) is 12.7 Å². The molecular formula is C13H20N2O2. The van der Waals surface area contributed by atoms with Crippen LogP contribution < -0.4 is 10.6 Å². The molecule has 1 atom stereocenters. The Morgan fingerprint density at radius 2 is 2.00 bits per heavy atom. The molecular weight excluding hydrogens is 216 g/mol. The normalized spacial score (nSPS) is 12.3. The maximum Gasteiger partial charge on any atom is 0.253 e. The van der Waals surface area contributed by atoms with Crippen LogP contribution in [0.25, 0.3) is 0 Å². The second-order valence-corrected chi connectivity index (χ2v) is 4.30. The number of aliphatic hydroxyl groups is 1. The maximum absolute atomic E-state index is 12.0. The molecule has 1 unspecified atom stereocenters. The fourth-order valence-electron chi connectivity index (χ4n) is 1.57. The number of para-hydroxylation sites is 1. The van der Waals surface area contributed by atoms with Crippen molar-refractivity contribution in [1.29, 1.82) is 0 Å². The molecule has 94 valence electrons. The summed E-state index contributed by atoms with van der Waals surface area (Å²) in [7, 11) is 1.78. The second-order valence-electron chi connectivity index (χ2n) is 4.30. The molecule has 0 bridgehead atoms. The van der Waals surface area contributed by atoms with Crippen molar-refractivity contribution in [2.24, 2.45) is 5.92 Å². The molecule has 0 aliphatic carbocycles. The van der Waals surface area contributed by atoms with Crippen LogP contribution >= 0.6 is 0 Å². The summed E-state index contributed by atoms with van der Waals surface area (Å²) in [6.45, 7) is 3.88. The Morgan fingerprint density at radius 3 is 2.53 bits per heavy atom. The molecule has 0 saturated carbocycles. The third-order valence-electron chi connectivity index (χ3n) is 2.76. The molecule has 0 spiro atoms. The Morgan fingerprint density at radius 1 is 1.35 bits per heavy atom. The quantitative estimate of drug-likeness (QED) is 0.725. The lowest BCUT2D eigenvalue weighted by atomic mass is 10.0. The van der Waals surface area contributed by atoms with E-state index in [0.717, 1.165) is 5.69 Å². The molecule has 0 heterocycles. The fraction of sp³-hybridized carbons (Fsp3) is 0.462. The van der Waals surface area contributed by atoms with Gasteiger partial charge in [-0.3, -0.25) is 4.79 Å². The summed E-state index contributed by atoms with van der Waals surface area (Å²) in [4.78, 5) is 12.0. The van der Waals surface area contributed by atoms with Crippen LogP contribution in [0.15, 0.2) is 24.3 Å². The molecule has 0 fully saturated rings. The number of anilines is 1. The number of carbonyl (C=O) groups is 1. The standard InChI is InChI=1S/C13H20N2O2/c1-9(2)12(8-16)15-13(17)10-6-4-5-7-11(10)14-3/h4-7,9,12,14,16H,8H2,1-3H3,(H,15,17). The van der Waals surface area contributed by atoms with E-state index in [1.807, 2.05) is 32.0 Å². The first kappa shape index (κ1) is 13.5. The molecule has 0 radical (unpaired) electrons. The number of hydrogen-bond acceptors (Lipinski definition) is 3. The SMILES string of the molecule is CNc1ccccc1C(=O)NC(CO)C(C)C. The summed E-state index contributed by atoms with van der Waals surface area (Å²) in [5, 5.41) is 15.0. The molecule has 17 heavy (non-hydrogen) atoms. The summed E-state index contributed by atoms with van der Waals surface area (Å²) in [6, 6.07) is 7.08. The molecule has 0 aromatic heterocycles. The van der Waals surface area contributed by atoms with Gasteiger partial charge in [0.1, 0.15) is 0 Å². The van der Waals surface area contributed by atoms with E-state index in [-0.39, 0.29) is 24.5 Å². The van der Waals surface area contributed by atoms with Gasteiger partial charge in [0.05, 0.1) is 18.2 Å². The van der Waals surface area contributed by atoms with Gasteiger partial charge in [-0.15, -0.1) is 0 Å². The zero-order valence-electron chi connectivity index (χ0n) is 10.5. The topological polar surface area (TPSA) is 61.4 Å². The van der Waals surface area contributed by atoms with Gasteiger partial charge in [0.2, 0.25) is 0 Å². The van der Waals surface area contributed by atoms with Crippen LogP contribution in [0.1, 0.15) is 24.2 Å². The van der Waals surface area contributed by atoms with E-state index in [9.17, 15) is 9.90 Å². The predicted molar refractivity (Wildman–Crippen MR) is 69.2 cm³/mol. The highest BCUT2D eigenvalue weighted by Gasteiger charge is 2.17. The van der Waals surface area contributed by atoms with Crippen LogP contribution in [0.5, 0.6) is 0 Å². The van der Waals surface area contributed by atoms with Gasteiger partial charge in [0.25, 0.3) is 5.91 Å². The highest BCUT2D eigenvalue weighted by Crippen LogP contribution is 2.14. The number of carbonyl (C=O) groups excluding carboxylic acids is 1. The smallest absolute Gasteiger partial charge is 0.253 e. The lowest BCUT2D eigenvalue weighted by Gasteiger charge is -2.20. The van der Waals surface area contributed by atoms with Crippen LogP contribution in [0.3, 0.4) is 0 Å². The van der Waals surface area contributed by atoms with Gasteiger partial charge >= 0.3 is 0 Å². The molecule has 3 N–H and O–H groups in total. The van der Waals surface area contributed by atoms with E-state index in [1.165, 1.54) is 0 Å². The summed E-state index contributed by atoms with van der Waals surface area (Å²) >= 11 is 0. The monoisotopic (exact) mass is 236 g/mol. The number of rotatable bonds is 5. The van der Waals surface area contributed by atoms with E-state index >= 15 is 0 Å². The third kappa shape index (κ3) is 3.46. The Bertz CT molecular complexity index is 377. The van der Waals surface area contributed by atoms with Gasteiger partial charge in [-0.2, -0.15) is 0 Å². The van der Waals surface area contributed by atoms with Crippen LogP contribution in [0, 0.1) is 5.92 Å². The average molecular weight is 236 g/mol. The minimum absolute atomic E-state index is 0.0505. The van der Waals surface area contributed by atoms with Crippen LogP contribution in [-0.4, -0.2) is 30.7 Å². The van der Waals surface area contributed by atoms with Gasteiger partial charge in [0.15, 0.2) is 0 Å². The summed E-state index contributed by atoms with van der Waals surface area (Å²) in [5.41, 5.74) is 1.37. The van der Waals surface area contributed by atoms with Crippen molar-refractivity contribution < 1.29 is 9.90 Å². The summed E-state index contributed by atoms with van der Waals surface area (Å²) < 4.78 is 0. The Balaban J connectivity index is 2.82. The number of aliphatic hydroxyl groups excluding tert-OH is 1. The minimum atomic E-state index is -0.215. The number of amides is 1. The third-order valence-corrected chi connectivity index (χ3v) is 2.76. The Labute approximate surface area is 102 Å². The van der Waals surface area contributed by atoms with Gasteiger partial charge in [-0.25, -0.2) is 0 Å². The first-order valence-electron chi connectivity index (χ1n) is 5.78. The highest BCUT2D eigenvalue weighted by molar-refractivity contribution is 5.99. The molecule has 1 amide bonds. The van der Waals surface area contributed by atoms with E-state index in [2.05, 4.69) is 10.6 Å². The van der Waals surface area contributed by atoms with Crippen LogP contribution in [-0.2, 0) is 0 Å². The van der Waals surface area contributed by atoms with Crippen molar-refractivity contribution in [3.05, 3.63) is 29.8 Å². The molecule has 0 aliphatic rings. The molecule has 4 nitrogen and oxygen atoms in total. The van der Waals surface area contributed by atoms with Crippen molar-refractivity contribution in [3.63, 3.8) is 0 Å². The van der Waals surface area contributed by atoms with Crippen LogP contribution in [0.2, 0.25) is 0 Å². The van der Waals surface area contributed by atoms with Crippen molar-refractivity contribution in [2.75, 3.05) is 19.0 Å². The number of nitrogens with one attached hydrogen (secondary N) is 2. The summed E-state index contributed by atoms with van der Waals surface area (Å²) in [6.07, 6.45) is 0. The van der Waals surface area contributed by atoms with Gasteiger partial charge < -0.3 is 15.7 Å². The Hall–Kier alpha value is -1.55. The van der Waals surface area contributed by atoms with E-state index < -0.39 is 0 Å². The molecule has 1 aromatic rings. The first-order valence-corrected chi connectivity index (χ1v) is 5.78. The predicted octanol–water partition coefficient (Wildman–Crippen LogP) is 1.47. The van der Waals surface area contributed by atoms with Gasteiger partial charge in [-0.05, 0) is 18.1 Å². The van der Waals surface area contributed by atoms with Gasteiger partial charge in [-0.1, -0.05) is 26.0 Å². The zero-order valence-corrected chi connectivity index (χ0v) is 10.5. The largest absolute Gasteiger partial charge is 0.394 e. The molecule has 1 rings (SSSR count). The highest BCUT2D eigenvalue weighted by atomic mass is 16.3. The minimum Gasteiger partial charge on any atom is -0.394 e. The number of hydrogen-bond donors (Lipinski definition) is 3. The van der Waals surface area contributed by atoms with E-state index in [0.29, 0.717) is 5.56 Å². The van der Waals surface area contributed by atoms with E-state index in [1.54, 1.807) is 13.1 Å². The van der Waals surface area contributed by atoms with Crippen molar-refractivity contribution in [3.8, 4) is 0 Å². The second kappa shape index (κ2) is 6.25. The fourth-order valence-corrected chi connectivity index (χ4v) is 1.57. The molecule has 0 saturated heterocycles. The van der Waals surface area contributed by atoms with Crippen LogP contribution in [0.4, 0.5) is 5.69 Å². The molecule has 4 heteroatoms.